The predicted molar refractivity (Wildman–Crippen MR) is 60.6 cm³/mol. The van der Waals surface area contributed by atoms with Crippen molar-refractivity contribution >= 4 is 11.6 Å². The van der Waals surface area contributed by atoms with E-state index in [4.69, 9.17) is 0 Å². The van der Waals surface area contributed by atoms with Gasteiger partial charge in [0.1, 0.15) is 11.6 Å². The number of carbonyl (C=O) groups excluding carboxylic acids is 1. The molecule has 2 unspecified atom stereocenters. The molecule has 0 saturated carbocycles. The topological polar surface area (TPSA) is 41.1 Å². The number of amides is 1. The van der Waals surface area contributed by atoms with E-state index < -0.39 is 11.6 Å². The molecule has 1 aromatic rings. The van der Waals surface area contributed by atoms with E-state index in [0.717, 1.165) is 31.2 Å². The number of nitrogens with one attached hydrogen (secondary N) is 2. The summed E-state index contributed by atoms with van der Waals surface area (Å²) in [5.41, 5.74) is 0.159. The van der Waals surface area contributed by atoms with E-state index in [2.05, 4.69) is 10.6 Å². The van der Waals surface area contributed by atoms with Crippen LogP contribution in [0.5, 0.6) is 0 Å². The van der Waals surface area contributed by atoms with E-state index in [1.807, 2.05) is 6.92 Å². The minimum absolute atomic E-state index is 0.0911. The third kappa shape index (κ3) is 2.79. The summed E-state index contributed by atoms with van der Waals surface area (Å²) in [6.45, 7) is 2.71. The summed E-state index contributed by atoms with van der Waals surface area (Å²) in [6, 6.07) is 3.07. The normalized spacial score (nSPS) is 23.7. The van der Waals surface area contributed by atoms with Gasteiger partial charge in [-0.1, -0.05) is 0 Å². The van der Waals surface area contributed by atoms with E-state index in [9.17, 15) is 13.6 Å². The van der Waals surface area contributed by atoms with Gasteiger partial charge in [0.2, 0.25) is 5.91 Å². The second kappa shape index (κ2) is 4.79. The summed E-state index contributed by atoms with van der Waals surface area (Å²) in [4.78, 5) is 11.9. The molecular weight excluding hydrogens is 226 g/mol. The van der Waals surface area contributed by atoms with E-state index in [1.165, 1.54) is 0 Å². The monoisotopic (exact) mass is 240 g/mol. The molecule has 2 atom stereocenters. The van der Waals surface area contributed by atoms with Crippen LogP contribution in [0.3, 0.4) is 0 Å². The smallest absolute Gasteiger partial charge is 0.229 e. The maximum atomic E-state index is 12.9. The largest absolute Gasteiger partial charge is 0.326 e. The lowest BCUT2D eigenvalue weighted by Gasteiger charge is -2.14. The third-order valence-electron chi connectivity index (χ3n) is 2.99. The van der Waals surface area contributed by atoms with Gasteiger partial charge < -0.3 is 10.6 Å². The number of hydrogen-bond donors (Lipinski definition) is 2. The van der Waals surface area contributed by atoms with Crippen LogP contribution in [0.1, 0.15) is 13.3 Å². The lowest BCUT2D eigenvalue weighted by molar-refractivity contribution is -0.119. The first-order valence-electron chi connectivity index (χ1n) is 5.56. The number of rotatable bonds is 2. The molecule has 0 radical (unpaired) electrons. The lowest BCUT2D eigenvalue weighted by Crippen LogP contribution is -2.32. The zero-order valence-electron chi connectivity index (χ0n) is 9.47. The molecule has 5 heteroatoms. The Morgan fingerprint density at radius 1 is 1.35 bits per heavy atom. The summed E-state index contributed by atoms with van der Waals surface area (Å²) in [6.07, 6.45) is 0.741. The minimum Gasteiger partial charge on any atom is -0.326 e. The second-order valence-corrected chi connectivity index (χ2v) is 4.29. The van der Waals surface area contributed by atoms with Gasteiger partial charge in [0.25, 0.3) is 0 Å². The van der Waals surface area contributed by atoms with Crippen molar-refractivity contribution in [3.05, 3.63) is 29.8 Å². The van der Waals surface area contributed by atoms with Crippen molar-refractivity contribution < 1.29 is 13.6 Å². The Morgan fingerprint density at radius 2 is 2.00 bits per heavy atom. The number of carbonyl (C=O) groups is 1. The van der Waals surface area contributed by atoms with E-state index in [-0.39, 0.29) is 23.6 Å². The highest BCUT2D eigenvalue weighted by Crippen LogP contribution is 2.19. The standard InChI is InChI=1S/C12H14F2N2O/c1-7-11(2-3-15-7)12(17)16-10-5-8(13)4-9(14)6-10/h4-7,11,15H,2-3H2,1H3,(H,16,17). The van der Waals surface area contributed by atoms with Crippen molar-refractivity contribution in [3.63, 3.8) is 0 Å². The summed E-state index contributed by atoms with van der Waals surface area (Å²) in [7, 11) is 0. The van der Waals surface area contributed by atoms with Gasteiger partial charge in [-0.3, -0.25) is 4.79 Å². The lowest BCUT2D eigenvalue weighted by atomic mass is 10.0. The van der Waals surface area contributed by atoms with Crippen LogP contribution < -0.4 is 10.6 Å². The summed E-state index contributed by atoms with van der Waals surface area (Å²) >= 11 is 0. The third-order valence-corrected chi connectivity index (χ3v) is 2.99. The molecule has 1 fully saturated rings. The van der Waals surface area contributed by atoms with E-state index in [1.54, 1.807) is 0 Å². The summed E-state index contributed by atoms with van der Waals surface area (Å²) in [5, 5.41) is 5.69. The van der Waals surface area contributed by atoms with Crippen molar-refractivity contribution in [2.75, 3.05) is 11.9 Å². The van der Waals surface area contributed by atoms with Gasteiger partial charge in [0.15, 0.2) is 0 Å². The van der Waals surface area contributed by atoms with Crippen molar-refractivity contribution in [1.82, 2.24) is 5.32 Å². The van der Waals surface area contributed by atoms with Crippen molar-refractivity contribution in [3.8, 4) is 0 Å². The van der Waals surface area contributed by atoms with Gasteiger partial charge in [-0.05, 0) is 32.0 Å². The zero-order chi connectivity index (χ0) is 12.4. The first kappa shape index (κ1) is 12.0. The summed E-state index contributed by atoms with van der Waals surface area (Å²) in [5.74, 6) is -1.75. The average molecular weight is 240 g/mol. The number of halogens is 2. The highest BCUT2D eigenvalue weighted by Gasteiger charge is 2.29. The first-order valence-corrected chi connectivity index (χ1v) is 5.56. The van der Waals surface area contributed by atoms with Crippen molar-refractivity contribution in [2.24, 2.45) is 5.92 Å². The highest BCUT2D eigenvalue weighted by atomic mass is 19.1. The second-order valence-electron chi connectivity index (χ2n) is 4.29. The molecule has 2 N–H and O–H groups in total. The Hall–Kier alpha value is -1.49. The molecule has 17 heavy (non-hydrogen) atoms. The highest BCUT2D eigenvalue weighted by molar-refractivity contribution is 5.93. The minimum atomic E-state index is -0.696. The fraction of sp³-hybridized carbons (Fsp3) is 0.417. The molecule has 2 rings (SSSR count). The molecule has 92 valence electrons. The van der Waals surface area contributed by atoms with Gasteiger partial charge in [-0.2, -0.15) is 0 Å². The predicted octanol–water partition coefficient (Wildman–Crippen LogP) is 1.90. The maximum absolute atomic E-state index is 12.9. The van der Waals surface area contributed by atoms with Crippen LogP contribution in [-0.4, -0.2) is 18.5 Å². The molecule has 1 amide bonds. The number of anilines is 1. The van der Waals surface area contributed by atoms with E-state index >= 15 is 0 Å². The number of hydrogen-bond acceptors (Lipinski definition) is 2. The first-order chi connectivity index (χ1) is 8.06. The Morgan fingerprint density at radius 3 is 2.53 bits per heavy atom. The molecule has 1 aliphatic rings. The van der Waals surface area contributed by atoms with Crippen molar-refractivity contribution in [1.29, 1.82) is 0 Å². The molecule has 0 spiro atoms. The maximum Gasteiger partial charge on any atom is 0.229 e. The molecule has 1 saturated heterocycles. The molecule has 0 aliphatic carbocycles. The zero-order valence-corrected chi connectivity index (χ0v) is 9.47. The van der Waals surface area contributed by atoms with Crippen LogP contribution in [0.15, 0.2) is 18.2 Å². The van der Waals surface area contributed by atoms with Crippen LogP contribution in [0.25, 0.3) is 0 Å². The Balaban J connectivity index is 2.07. The Bertz CT molecular complexity index is 416. The molecule has 0 bridgehead atoms. The van der Waals surface area contributed by atoms with Gasteiger partial charge in [-0.25, -0.2) is 8.78 Å². The van der Waals surface area contributed by atoms with Gasteiger partial charge in [-0.15, -0.1) is 0 Å². The molecule has 1 aromatic carbocycles. The molecule has 3 nitrogen and oxygen atoms in total. The van der Waals surface area contributed by atoms with Gasteiger partial charge in [0.05, 0.1) is 5.92 Å². The van der Waals surface area contributed by atoms with Crippen LogP contribution in [-0.2, 0) is 4.79 Å². The van der Waals surface area contributed by atoms with E-state index in [0.29, 0.717) is 0 Å². The van der Waals surface area contributed by atoms with Crippen LogP contribution in [0.4, 0.5) is 14.5 Å². The fourth-order valence-electron chi connectivity index (χ4n) is 2.08. The molecule has 1 aliphatic heterocycles. The number of benzene rings is 1. The van der Waals surface area contributed by atoms with Crippen LogP contribution in [0, 0.1) is 17.6 Å². The molecular formula is C12H14F2N2O. The Labute approximate surface area is 98.2 Å². The Kier molecular flexibility index (Phi) is 3.38. The molecule has 0 aromatic heterocycles. The van der Waals surface area contributed by atoms with Crippen LogP contribution >= 0.6 is 0 Å². The molecule has 1 heterocycles. The quantitative estimate of drug-likeness (QED) is 0.829. The van der Waals surface area contributed by atoms with Crippen molar-refractivity contribution in [2.45, 2.75) is 19.4 Å². The average Bonchev–Trinajstić information content (AvgIpc) is 2.62. The fourth-order valence-corrected chi connectivity index (χ4v) is 2.08. The van der Waals surface area contributed by atoms with Gasteiger partial charge >= 0.3 is 0 Å². The van der Waals surface area contributed by atoms with Gasteiger partial charge in [0, 0.05) is 17.8 Å². The SMILES string of the molecule is CC1NCCC1C(=O)Nc1cc(F)cc(F)c1. The summed E-state index contributed by atoms with van der Waals surface area (Å²) < 4.78 is 25.9. The van der Waals surface area contributed by atoms with Crippen LogP contribution in [0.2, 0.25) is 0 Å².